The largest absolute Gasteiger partial charge is 0.488 e. The summed E-state index contributed by atoms with van der Waals surface area (Å²) in [5.74, 6) is -1.02. The zero-order valence-corrected chi connectivity index (χ0v) is 11.4. The molecule has 0 aromatic heterocycles. The maximum atomic E-state index is 12.0. The number of aliphatic hydroxyl groups excluding tert-OH is 1. The second-order valence-corrected chi connectivity index (χ2v) is 4.60. The second kappa shape index (κ2) is 6.09. The van der Waals surface area contributed by atoms with Gasteiger partial charge in [-0.1, -0.05) is 12.1 Å². The molecule has 0 bridgehead atoms. The number of rotatable bonds is 5. The molecule has 2 amide bonds. The van der Waals surface area contributed by atoms with Crippen LogP contribution in [0.15, 0.2) is 30.0 Å². The number of nitrogens with zero attached hydrogens (tertiary/aromatic N) is 1. The Kier molecular flexibility index (Phi) is 4.42. The molecule has 7 nitrogen and oxygen atoms in total. The lowest BCUT2D eigenvalue weighted by molar-refractivity contribution is -0.137. The third kappa shape index (κ3) is 2.97. The van der Waals surface area contributed by atoms with E-state index in [-0.39, 0.29) is 18.8 Å². The smallest absolute Gasteiger partial charge is 0.423 e. The van der Waals surface area contributed by atoms with Crippen molar-refractivity contribution in [2.45, 2.75) is 6.92 Å². The van der Waals surface area contributed by atoms with Crippen LogP contribution in [-0.4, -0.2) is 52.1 Å². The summed E-state index contributed by atoms with van der Waals surface area (Å²) >= 11 is 0. The van der Waals surface area contributed by atoms with Crippen molar-refractivity contribution >= 4 is 30.1 Å². The number of benzene rings is 1. The van der Waals surface area contributed by atoms with E-state index in [1.165, 1.54) is 0 Å². The Morgan fingerprint density at radius 3 is 2.62 bits per heavy atom. The van der Waals surface area contributed by atoms with Crippen LogP contribution in [0.4, 0.5) is 5.69 Å². The molecule has 0 saturated heterocycles. The second-order valence-electron chi connectivity index (χ2n) is 4.60. The van der Waals surface area contributed by atoms with Crippen molar-refractivity contribution in [2.75, 3.05) is 18.5 Å². The summed E-state index contributed by atoms with van der Waals surface area (Å²) in [6.45, 7) is 1.31. The molecule has 0 spiro atoms. The topological polar surface area (TPSA) is 110 Å². The molecule has 8 heteroatoms. The summed E-state index contributed by atoms with van der Waals surface area (Å²) in [7, 11) is -1.62. The highest BCUT2D eigenvalue weighted by Crippen LogP contribution is 2.19. The van der Waals surface area contributed by atoms with Crippen LogP contribution in [0.25, 0.3) is 0 Å². The highest BCUT2D eigenvalue weighted by atomic mass is 16.4. The highest BCUT2D eigenvalue weighted by Gasteiger charge is 2.31. The number of anilines is 1. The quantitative estimate of drug-likeness (QED) is 0.381. The van der Waals surface area contributed by atoms with Crippen LogP contribution in [0.3, 0.4) is 0 Å². The van der Waals surface area contributed by atoms with Gasteiger partial charge in [0.1, 0.15) is 5.70 Å². The van der Waals surface area contributed by atoms with E-state index in [9.17, 15) is 19.6 Å². The van der Waals surface area contributed by atoms with Crippen LogP contribution in [-0.2, 0) is 9.59 Å². The molecular formula is C13H15BN2O5. The number of nitrogens with one attached hydrogen (secondary N) is 1. The molecule has 1 aliphatic rings. The first-order valence-corrected chi connectivity index (χ1v) is 6.36. The first-order chi connectivity index (χ1) is 9.95. The molecule has 0 atom stereocenters. The number of β-amino-alcohol motifs (C(OH)–C–C–N with tert-alkyl or cyclic N) is 1. The zero-order valence-electron chi connectivity index (χ0n) is 11.4. The maximum absolute atomic E-state index is 12.0. The Hall–Kier alpha value is -2.16. The Morgan fingerprint density at radius 1 is 1.29 bits per heavy atom. The molecule has 1 aromatic carbocycles. The standard InChI is InChI=1S/C13H15BN2O5/c1-8-9(14(20)21)3-2-4-10(8)15-11-7-12(18)16(5-6-17)13(11)19/h2-4,7,15,17,20-21H,5-6H2,1H3. The lowest BCUT2D eigenvalue weighted by Gasteiger charge is -2.15. The average molecular weight is 290 g/mol. The monoisotopic (exact) mass is 290 g/mol. The van der Waals surface area contributed by atoms with Crippen LogP contribution < -0.4 is 10.8 Å². The Labute approximate surface area is 121 Å². The molecule has 0 radical (unpaired) electrons. The van der Waals surface area contributed by atoms with Gasteiger partial charge in [-0.3, -0.25) is 14.5 Å². The van der Waals surface area contributed by atoms with E-state index < -0.39 is 18.9 Å². The zero-order chi connectivity index (χ0) is 15.6. The Bertz CT molecular complexity index is 615. The van der Waals surface area contributed by atoms with Gasteiger partial charge >= 0.3 is 7.12 Å². The molecule has 0 aliphatic carbocycles. The summed E-state index contributed by atoms with van der Waals surface area (Å²) in [4.78, 5) is 24.6. The molecule has 1 aliphatic heterocycles. The van der Waals surface area contributed by atoms with E-state index in [1.807, 2.05) is 0 Å². The van der Waals surface area contributed by atoms with Crippen molar-refractivity contribution in [1.82, 2.24) is 4.90 Å². The molecule has 0 saturated carbocycles. The van der Waals surface area contributed by atoms with E-state index in [2.05, 4.69) is 5.32 Å². The van der Waals surface area contributed by atoms with Crippen molar-refractivity contribution < 1.29 is 24.7 Å². The van der Waals surface area contributed by atoms with Gasteiger partial charge in [0.05, 0.1) is 13.2 Å². The number of amides is 2. The fourth-order valence-electron chi connectivity index (χ4n) is 2.12. The minimum atomic E-state index is -1.62. The third-order valence-corrected chi connectivity index (χ3v) is 3.26. The molecular weight excluding hydrogens is 275 g/mol. The predicted octanol–water partition coefficient (Wildman–Crippen LogP) is -1.67. The van der Waals surface area contributed by atoms with Crippen molar-refractivity contribution in [3.05, 3.63) is 35.5 Å². The number of aliphatic hydroxyl groups is 1. The normalized spacial score (nSPS) is 14.5. The van der Waals surface area contributed by atoms with Crippen LogP contribution in [0.1, 0.15) is 5.56 Å². The van der Waals surface area contributed by atoms with Gasteiger partial charge in [0.25, 0.3) is 11.8 Å². The number of hydrogen-bond acceptors (Lipinski definition) is 6. The van der Waals surface area contributed by atoms with Gasteiger partial charge < -0.3 is 20.5 Å². The van der Waals surface area contributed by atoms with Gasteiger partial charge in [-0.25, -0.2) is 0 Å². The minimum Gasteiger partial charge on any atom is -0.423 e. The maximum Gasteiger partial charge on any atom is 0.488 e. The fourth-order valence-corrected chi connectivity index (χ4v) is 2.12. The molecule has 2 rings (SSSR count). The minimum absolute atomic E-state index is 0.0618. The van der Waals surface area contributed by atoms with Crippen molar-refractivity contribution in [1.29, 1.82) is 0 Å². The van der Waals surface area contributed by atoms with E-state index in [0.29, 0.717) is 16.7 Å². The lowest BCUT2D eigenvalue weighted by atomic mass is 9.77. The highest BCUT2D eigenvalue weighted by molar-refractivity contribution is 6.59. The number of hydrogen-bond donors (Lipinski definition) is 4. The van der Waals surface area contributed by atoms with Crippen LogP contribution in [0.2, 0.25) is 0 Å². The van der Waals surface area contributed by atoms with E-state index in [0.717, 1.165) is 11.0 Å². The van der Waals surface area contributed by atoms with Gasteiger partial charge in [-0.15, -0.1) is 0 Å². The Balaban J connectivity index is 2.24. The van der Waals surface area contributed by atoms with Crippen LogP contribution >= 0.6 is 0 Å². The van der Waals surface area contributed by atoms with Crippen molar-refractivity contribution in [3.8, 4) is 0 Å². The molecule has 1 heterocycles. The van der Waals surface area contributed by atoms with E-state index in [1.54, 1.807) is 25.1 Å². The van der Waals surface area contributed by atoms with Crippen molar-refractivity contribution in [3.63, 3.8) is 0 Å². The SMILES string of the molecule is Cc1c(NC2=CC(=O)N(CCO)C2=O)cccc1B(O)O. The van der Waals surface area contributed by atoms with Gasteiger partial charge in [0.2, 0.25) is 0 Å². The average Bonchev–Trinajstić information content (AvgIpc) is 2.69. The summed E-state index contributed by atoms with van der Waals surface area (Å²) in [6.07, 6.45) is 1.15. The first-order valence-electron chi connectivity index (χ1n) is 6.36. The van der Waals surface area contributed by atoms with Gasteiger partial charge in [0, 0.05) is 11.8 Å². The predicted molar refractivity (Wildman–Crippen MR) is 76.5 cm³/mol. The van der Waals surface area contributed by atoms with E-state index in [4.69, 9.17) is 5.11 Å². The van der Waals surface area contributed by atoms with Gasteiger partial charge in [-0.2, -0.15) is 0 Å². The number of carbonyl (C=O) groups is 2. The summed E-state index contributed by atoms with van der Waals surface area (Å²) in [6, 6.07) is 4.82. The van der Waals surface area contributed by atoms with Gasteiger partial charge in [-0.05, 0) is 24.0 Å². The summed E-state index contributed by atoms with van der Waals surface area (Å²) in [5, 5.41) is 30.2. The van der Waals surface area contributed by atoms with E-state index >= 15 is 0 Å². The van der Waals surface area contributed by atoms with Crippen molar-refractivity contribution in [2.24, 2.45) is 0 Å². The molecule has 21 heavy (non-hydrogen) atoms. The number of carbonyl (C=O) groups excluding carboxylic acids is 2. The fraction of sp³-hybridized carbons (Fsp3) is 0.231. The summed E-state index contributed by atoms with van der Waals surface area (Å²) < 4.78 is 0. The number of imide groups is 1. The first kappa shape index (κ1) is 15.2. The van der Waals surface area contributed by atoms with Gasteiger partial charge in [0.15, 0.2) is 0 Å². The summed E-state index contributed by atoms with van der Waals surface area (Å²) in [5.41, 5.74) is 1.46. The molecule has 0 unspecified atom stereocenters. The third-order valence-electron chi connectivity index (χ3n) is 3.26. The lowest BCUT2D eigenvalue weighted by Crippen LogP contribution is -2.35. The molecule has 4 N–H and O–H groups in total. The van der Waals surface area contributed by atoms with Crippen LogP contribution in [0.5, 0.6) is 0 Å². The Morgan fingerprint density at radius 2 is 2.00 bits per heavy atom. The van der Waals surface area contributed by atoms with Crippen LogP contribution in [0, 0.1) is 6.92 Å². The molecule has 1 aromatic rings. The molecule has 110 valence electrons. The molecule has 0 fully saturated rings.